The van der Waals surface area contributed by atoms with Crippen molar-refractivity contribution < 1.29 is 14.6 Å². The molecule has 0 aromatic heterocycles. The molecule has 3 aromatic carbocycles. The first-order valence-electron chi connectivity index (χ1n) is 9.11. The van der Waals surface area contributed by atoms with Crippen molar-refractivity contribution in [2.45, 2.75) is 13.1 Å². The summed E-state index contributed by atoms with van der Waals surface area (Å²) >= 11 is 0. The molecule has 1 heterocycles. The SMILES string of the molecule is COc1ccc(C2=NN(Cc3ccccc3)Cc3ccccc32)c(O)c1OC. The van der Waals surface area contributed by atoms with Crippen LogP contribution >= 0.6 is 0 Å². The molecule has 0 atom stereocenters. The van der Waals surface area contributed by atoms with Crippen molar-refractivity contribution in [2.75, 3.05) is 14.2 Å². The number of hydrogen-bond acceptors (Lipinski definition) is 5. The molecule has 5 nitrogen and oxygen atoms in total. The predicted molar refractivity (Wildman–Crippen MR) is 109 cm³/mol. The van der Waals surface area contributed by atoms with Crippen LogP contribution in [0.4, 0.5) is 0 Å². The predicted octanol–water partition coefficient (Wildman–Crippen LogP) is 4.18. The molecule has 28 heavy (non-hydrogen) atoms. The number of phenols is 1. The first-order chi connectivity index (χ1) is 13.7. The average molecular weight is 374 g/mol. The van der Waals surface area contributed by atoms with Crippen molar-refractivity contribution in [1.29, 1.82) is 0 Å². The fraction of sp³-hybridized carbons (Fsp3) is 0.174. The summed E-state index contributed by atoms with van der Waals surface area (Å²) in [5, 5.41) is 17.7. The zero-order valence-corrected chi connectivity index (χ0v) is 15.9. The summed E-state index contributed by atoms with van der Waals surface area (Å²) in [6.45, 7) is 1.40. The van der Waals surface area contributed by atoms with E-state index in [4.69, 9.17) is 14.6 Å². The molecule has 1 aliphatic heterocycles. The van der Waals surface area contributed by atoms with E-state index in [2.05, 4.69) is 18.2 Å². The molecule has 0 saturated carbocycles. The Bertz CT molecular complexity index is 1020. The molecule has 1 N–H and O–H groups in total. The van der Waals surface area contributed by atoms with E-state index < -0.39 is 0 Å². The number of ether oxygens (including phenoxy) is 2. The summed E-state index contributed by atoms with van der Waals surface area (Å²) in [5.74, 6) is 0.812. The van der Waals surface area contributed by atoms with E-state index in [9.17, 15) is 5.11 Å². The van der Waals surface area contributed by atoms with E-state index in [-0.39, 0.29) is 5.75 Å². The largest absolute Gasteiger partial charge is 0.504 e. The van der Waals surface area contributed by atoms with Gasteiger partial charge in [0, 0.05) is 11.1 Å². The Hall–Kier alpha value is -3.47. The Balaban J connectivity index is 1.80. The Labute approximate surface area is 164 Å². The van der Waals surface area contributed by atoms with Crippen LogP contribution in [0.3, 0.4) is 0 Å². The molecule has 0 fully saturated rings. The lowest BCUT2D eigenvalue weighted by Crippen LogP contribution is -2.26. The smallest absolute Gasteiger partial charge is 0.203 e. The number of aromatic hydroxyl groups is 1. The Morgan fingerprint density at radius 1 is 0.893 bits per heavy atom. The molecular weight excluding hydrogens is 352 g/mol. The molecule has 0 unspecified atom stereocenters. The lowest BCUT2D eigenvalue weighted by molar-refractivity contribution is 0.266. The normalized spacial score (nSPS) is 12.9. The van der Waals surface area contributed by atoms with Gasteiger partial charge < -0.3 is 14.6 Å². The second kappa shape index (κ2) is 7.64. The highest BCUT2D eigenvalue weighted by molar-refractivity contribution is 6.16. The molecule has 0 bridgehead atoms. The van der Waals surface area contributed by atoms with Gasteiger partial charge in [0.1, 0.15) is 5.71 Å². The third-order valence-corrected chi connectivity index (χ3v) is 4.85. The molecule has 4 rings (SSSR count). The number of rotatable bonds is 5. The summed E-state index contributed by atoms with van der Waals surface area (Å²) < 4.78 is 10.7. The molecule has 5 heteroatoms. The minimum atomic E-state index is 0.0250. The van der Waals surface area contributed by atoms with Crippen molar-refractivity contribution in [2.24, 2.45) is 5.10 Å². The molecule has 142 valence electrons. The third-order valence-electron chi connectivity index (χ3n) is 4.85. The van der Waals surface area contributed by atoms with Gasteiger partial charge in [-0.05, 0) is 23.3 Å². The van der Waals surface area contributed by atoms with Crippen molar-refractivity contribution in [3.05, 3.63) is 89.0 Å². The first kappa shape index (κ1) is 17.9. The van der Waals surface area contributed by atoms with Crippen LogP contribution in [0, 0.1) is 0 Å². The van der Waals surface area contributed by atoms with Crippen molar-refractivity contribution >= 4 is 5.71 Å². The van der Waals surface area contributed by atoms with Crippen LogP contribution in [0.1, 0.15) is 22.3 Å². The molecule has 1 aliphatic rings. The molecule has 0 aliphatic carbocycles. The first-order valence-corrected chi connectivity index (χ1v) is 9.11. The topological polar surface area (TPSA) is 54.3 Å². The van der Waals surface area contributed by atoms with Gasteiger partial charge in [-0.2, -0.15) is 5.10 Å². The van der Waals surface area contributed by atoms with Gasteiger partial charge in [0.15, 0.2) is 11.5 Å². The van der Waals surface area contributed by atoms with Crippen LogP contribution in [0.25, 0.3) is 0 Å². The number of hydrogen-bond donors (Lipinski definition) is 1. The van der Waals surface area contributed by atoms with Gasteiger partial charge in [-0.3, -0.25) is 5.01 Å². The fourth-order valence-corrected chi connectivity index (χ4v) is 3.50. The molecule has 0 amide bonds. The fourth-order valence-electron chi connectivity index (χ4n) is 3.50. The second-order valence-corrected chi connectivity index (χ2v) is 6.61. The highest BCUT2D eigenvalue weighted by Crippen LogP contribution is 2.40. The van der Waals surface area contributed by atoms with Crippen molar-refractivity contribution in [1.82, 2.24) is 5.01 Å². The third kappa shape index (κ3) is 3.27. The zero-order chi connectivity index (χ0) is 19.5. The minimum absolute atomic E-state index is 0.0250. The van der Waals surface area contributed by atoms with E-state index >= 15 is 0 Å². The number of hydrazone groups is 1. The standard InChI is InChI=1S/C23H22N2O3/c1-27-20-13-12-19(22(26)23(20)28-2)21-18-11-7-6-10-17(18)15-25(24-21)14-16-8-4-3-5-9-16/h3-13,26H,14-15H2,1-2H3. The van der Waals surface area contributed by atoms with E-state index in [1.54, 1.807) is 13.2 Å². The van der Waals surface area contributed by atoms with Gasteiger partial charge >= 0.3 is 0 Å². The average Bonchev–Trinajstić information content (AvgIpc) is 2.73. The van der Waals surface area contributed by atoms with Gasteiger partial charge in [-0.1, -0.05) is 54.6 Å². The number of phenolic OH excluding ortho intramolecular Hbond substituents is 1. The Morgan fingerprint density at radius 3 is 2.39 bits per heavy atom. The van der Waals surface area contributed by atoms with E-state index in [1.165, 1.54) is 12.7 Å². The van der Waals surface area contributed by atoms with Crippen LogP contribution in [0.5, 0.6) is 17.2 Å². The summed E-state index contributed by atoms with van der Waals surface area (Å²) in [5.41, 5.74) is 4.69. The van der Waals surface area contributed by atoms with Gasteiger partial charge in [0.25, 0.3) is 0 Å². The maximum atomic E-state index is 10.9. The van der Waals surface area contributed by atoms with Gasteiger partial charge in [-0.25, -0.2) is 0 Å². The van der Waals surface area contributed by atoms with Crippen molar-refractivity contribution in [3.8, 4) is 17.2 Å². The zero-order valence-electron chi connectivity index (χ0n) is 15.9. The molecule has 0 saturated heterocycles. The summed E-state index contributed by atoms with van der Waals surface area (Å²) in [6, 6.07) is 22.0. The summed E-state index contributed by atoms with van der Waals surface area (Å²) in [4.78, 5) is 0. The quantitative estimate of drug-likeness (QED) is 0.728. The summed E-state index contributed by atoms with van der Waals surface area (Å²) in [7, 11) is 3.06. The van der Waals surface area contributed by atoms with Gasteiger partial charge in [-0.15, -0.1) is 0 Å². The van der Waals surface area contributed by atoms with Gasteiger partial charge in [0.2, 0.25) is 5.75 Å². The maximum Gasteiger partial charge on any atom is 0.203 e. The lowest BCUT2D eigenvalue weighted by Gasteiger charge is -2.28. The molecule has 0 radical (unpaired) electrons. The van der Waals surface area contributed by atoms with Crippen LogP contribution in [0.15, 0.2) is 71.8 Å². The Morgan fingerprint density at radius 2 is 1.64 bits per heavy atom. The second-order valence-electron chi connectivity index (χ2n) is 6.61. The Kier molecular flexibility index (Phi) is 4.89. The number of methoxy groups -OCH3 is 2. The van der Waals surface area contributed by atoms with Crippen molar-refractivity contribution in [3.63, 3.8) is 0 Å². The monoisotopic (exact) mass is 374 g/mol. The minimum Gasteiger partial charge on any atom is -0.504 e. The molecular formula is C23H22N2O3. The summed E-state index contributed by atoms with van der Waals surface area (Å²) in [6.07, 6.45) is 0. The van der Waals surface area contributed by atoms with Crippen LogP contribution in [-0.2, 0) is 13.1 Å². The maximum absolute atomic E-state index is 10.9. The van der Waals surface area contributed by atoms with Gasteiger partial charge in [0.05, 0.1) is 27.3 Å². The van der Waals surface area contributed by atoms with E-state index in [0.29, 0.717) is 30.2 Å². The molecule has 0 spiro atoms. The number of fused-ring (bicyclic) bond motifs is 1. The lowest BCUT2D eigenvalue weighted by atomic mass is 9.95. The van der Waals surface area contributed by atoms with Crippen LogP contribution in [0.2, 0.25) is 0 Å². The number of nitrogens with zero attached hydrogens (tertiary/aromatic N) is 2. The molecule has 3 aromatic rings. The van der Waals surface area contributed by atoms with E-state index in [1.807, 2.05) is 47.5 Å². The highest BCUT2D eigenvalue weighted by atomic mass is 16.5. The highest BCUT2D eigenvalue weighted by Gasteiger charge is 2.25. The van der Waals surface area contributed by atoms with Crippen LogP contribution in [-0.4, -0.2) is 30.0 Å². The van der Waals surface area contributed by atoms with E-state index in [0.717, 1.165) is 16.8 Å². The van der Waals surface area contributed by atoms with Crippen LogP contribution < -0.4 is 9.47 Å². The number of benzene rings is 3.